The summed E-state index contributed by atoms with van der Waals surface area (Å²) in [6.45, 7) is 0. The van der Waals surface area contributed by atoms with Crippen molar-refractivity contribution in [1.29, 1.82) is 0 Å². The van der Waals surface area contributed by atoms with Crippen LogP contribution in [-0.2, 0) is 0 Å². The van der Waals surface area contributed by atoms with Crippen LogP contribution in [0.3, 0.4) is 0 Å². The van der Waals surface area contributed by atoms with Gasteiger partial charge in [0.05, 0.1) is 16.1 Å². The van der Waals surface area contributed by atoms with E-state index in [9.17, 15) is 14.9 Å². The highest BCUT2D eigenvalue weighted by Crippen LogP contribution is 2.33. The maximum Gasteiger partial charge on any atom is 0.269 e. The van der Waals surface area contributed by atoms with Crippen LogP contribution in [0.4, 0.5) is 11.4 Å². The third kappa shape index (κ3) is 4.81. The molecule has 0 atom stereocenters. The van der Waals surface area contributed by atoms with Crippen molar-refractivity contribution >= 4 is 44.1 Å². The minimum atomic E-state index is -0.423. The monoisotopic (exact) mass is 523 g/mol. The number of fused-ring (bicyclic) bond motifs is 1. The molecule has 7 heteroatoms. The minimum Gasteiger partial charge on any atom is -0.322 e. The maximum absolute atomic E-state index is 13.0. The van der Waals surface area contributed by atoms with Gasteiger partial charge in [-0.15, -0.1) is 0 Å². The summed E-state index contributed by atoms with van der Waals surface area (Å²) < 4.78 is 0.878. The van der Waals surface area contributed by atoms with E-state index in [1.165, 1.54) is 12.1 Å². The van der Waals surface area contributed by atoms with Gasteiger partial charge in [0.25, 0.3) is 11.6 Å². The van der Waals surface area contributed by atoms with E-state index in [-0.39, 0.29) is 11.6 Å². The van der Waals surface area contributed by atoms with Gasteiger partial charge >= 0.3 is 0 Å². The van der Waals surface area contributed by atoms with Gasteiger partial charge in [-0.25, -0.2) is 4.98 Å². The molecule has 0 aliphatic rings. The minimum absolute atomic E-state index is 0.0268. The van der Waals surface area contributed by atoms with E-state index in [0.29, 0.717) is 16.9 Å². The SMILES string of the molecule is O=C(Nc1cccc(Br)c1)c1ccc2nc(-c3ccc([N+](=O)[O-])cc3)cc(-c3ccccc3)c2c1. The Kier molecular flexibility index (Phi) is 6.08. The van der Waals surface area contributed by atoms with Crippen molar-refractivity contribution in [3.8, 4) is 22.4 Å². The lowest BCUT2D eigenvalue weighted by Gasteiger charge is -2.12. The summed E-state index contributed by atoms with van der Waals surface area (Å²) in [6, 6.07) is 31.0. The fourth-order valence-corrected chi connectivity index (χ4v) is 4.29. The predicted molar refractivity (Wildman–Crippen MR) is 141 cm³/mol. The summed E-state index contributed by atoms with van der Waals surface area (Å²) in [7, 11) is 0. The molecule has 1 amide bonds. The van der Waals surface area contributed by atoms with Gasteiger partial charge in [0.15, 0.2) is 0 Å². The maximum atomic E-state index is 13.0. The number of non-ortho nitro benzene ring substituents is 1. The molecule has 0 radical (unpaired) electrons. The van der Waals surface area contributed by atoms with E-state index in [2.05, 4.69) is 21.2 Å². The van der Waals surface area contributed by atoms with Crippen molar-refractivity contribution in [2.45, 2.75) is 0 Å². The van der Waals surface area contributed by atoms with Gasteiger partial charge in [-0.05, 0) is 65.7 Å². The Morgan fingerprint density at radius 1 is 0.829 bits per heavy atom. The lowest BCUT2D eigenvalue weighted by Crippen LogP contribution is -2.11. The molecule has 0 unspecified atom stereocenters. The van der Waals surface area contributed by atoms with Crippen LogP contribution in [0.2, 0.25) is 0 Å². The summed E-state index contributed by atoms with van der Waals surface area (Å²) in [5, 5.41) is 14.8. The average Bonchev–Trinajstić information content (AvgIpc) is 2.88. The zero-order chi connectivity index (χ0) is 24.4. The average molecular weight is 524 g/mol. The van der Waals surface area contributed by atoms with Crippen LogP contribution in [0.25, 0.3) is 33.3 Å². The summed E-state index contributed by atoms with van der Waals surface area (Å²) in [6.07, 6.45) is 0. The van der Waals surface area contributed by atoms with E-state index in [4.69, 9.17) is 4.98 Å². The smallest absolute Gasteiger partial charge is 0.269 e. The molecule has 1 heterocycles. The molecule has 0 saturated heterocycles. The van der Waals surface area contributed by atoms with E-state index >= 15 is 0 Å². The van der Waals surface area contributed by atoms with Gasteiger partial charge in [0.1, 0.15) is 0 Å². The first-order chi connectivity index (χ1) is 17.0. The topological polar surface area (TPSA) is 85.1 Å². The van der Waals surface area contributed by atoms with Crippen LogP contribution < -0.4 is 5.32 Å². The summed E-state index contributed by atoms with van der Waals surface area (Å²) >= 11 is 3.42. The lowest BCUT2D eigenvalue weighted by atomic mass is 9.97. The normalized spacial score (nSPS) is 10.8. The third-order valence-electron chi connectivity index (χ3n) is 5.61. The number of nitrogens with one attached hydrogen (secondary N) is 1. The molecular formula is C28H18BrN3O3. The number of amides is 1. The van der Waals surface area contributed by atoms with Gasteiger partial charge < -0.3 is 5.32 Å². The zero-order valence-corrected chi connectivity index (χ0v) is 19.9. The van der Waals surface area contributed by atoms with Crippen LogP contribution in [-0.4, -0.2) is 15.8 Å². The standard InChI is InChI=1S/C28H18BrN3O3/c29-21-7-4-8-22(16-21)30-28(33)20-11-14-26-25(15-20)24(18-5-2-1-3-6-18)17-27(31-26)19-9-12-23(13-10-19)32(34)35/h1-17H,(H,30,33). The predicted octanol–water partition coefficient (Wildman–Crippen LogP) is 7.49. The molecule has 0 bridgehead atoms. The van der Waals surface area contributed by atoms with Crippen LogP contribution in [0.1, 0.15) is 10.4 Å². The highest BCUT2D eigenvalue weighted by molar-refractivity contribution is 9.10. The molecule has 0 fully saturated rings. The second-order valence-electron chi connectivity index (χ2n) is 7.92. The van der Waals surface area contributed by atoms with Gasteiger partial charge in [-0.2, -0.15) is 0 Å². The first kappa shape index (κ1) is 22.4. The number of nitro benzene ring substituents is 1. The highest BCUT2D eigenvalue weighted by Gasteiger charge is 2.14. The molecule has 4 aromatic carbocycles. The quantitative estimate of drug-likeness (QED) is 0.191. The molecule has 35 heavy (non-hydrogen) atoms. The second kappa shape index (κ2) is 9.48. The zero-order valence-electron chi connectivity index (χ0n) is 18.3. The first-order valence-corrected chi connectivity index (χ1v) is 11.6. The van der Waals surface area contributed by atoms with Crippen LogP contribution in [0.15, 0.2) is 108 Å². The van der Waals surface area contributed by atoms with Gasteiger partial charge in [0, 0.05) is 38.8 Å². The van der Waals surface area contributed by atoms with Crippen molar-refractivity contribution in [2.24, 2.45) is 0 Å². The highest BCUT2D eigenvalue weighted by atomic mass is 79.9. The molecule has 0 spiro atoms. The van der Waals surface area contributed by atoms with E-state index < -0.39 is 4.92 Å². The number of rotatable bonds is 5. The van der Waals surface area contributed by atoms with Gasteiger partial charge in [0.2, 0.25) is 0 Å². The summed E-state index contributed by atoms with van der Waals surface area (Å²) in [5.74, 6) is -0.219. The summed E-state index contributed by atoms with van der Waals surface area (Å²) in [4.78, 5) is 28.4. The Hall–Kier alpha value is -4.36. The molecule has 0 aliphatic heterocycles. The van der Waals surface area contributed by atoms with Crippen molar-refractivity contribution in [3.05, 3.63) is 123 Å². The van der Waals surface area contributed by atoms with Crippen LogP contribution >= 0.6 is 15.9 Å². The molecule has 5 aromatic rings. The Morgan fingerprint density at radius 2 is 1.60 bits per heavy atom. The molecule has 0 saturated carbocycles. The number of carbonyl (C=O) groups is 1. The molecule has 1 N–H and O–H groups in total. The largest absolute Gasteiger partial charge is 0.322 e. The molecule has 1 aromatic heterocycles. The molecule has 5 rings (SSSR count). The first-order valence-electron chi connectivity index (χ1n) is 10.8. The van der Waals surface area contributed by atoms with Crippen molar-refractivity contribution in [3.63, 3.8) is 0 Å². The van der Waals surface area contributed by atoms with Crippen molar-refractivity contribution < 1.29 is 9.72 Å². The number of nitrogens with zero attached hydrogens (tertiary/aromatic N) is 2. The Balaban J connectivity index is 1.60. The number of anilines is 1. The fraction of sp³-hybridized carbons (Fsp3) is 0. The number of benzene rings is 4. The van der Waals surface area contributed by atoms with Gasteiger partial charge in [-0.1, -0.05) is 52.3 Å². The number of halogens is 1. The van der Waals surface area contributed by atoms with Crippen LogP contribution in [0, 0.1) is 10.1 Å². The van der Waals surface area contributed by atoms with E-state index in [1.807, 2.05) is 72.8 Å². The number of carbonyl (C=O) groups excluding carboxylic acids is 1. The lowest BCUT2D eigenvalue weighted by molar-refractivity contribution is -0.384. The number of hydrogen-bond donors (Lipinski definition) is 1. The molecular weight excluding hydrogens is 506 g/mol. The number of aromatic nitrogens is 1. The Labute approximate surface area is 209 Å². The van der Waals surface area contributed by atoms with Crippen molar-refractivity contribution in [1.82, 2.24) is 4.98 Å². The molecule has 6 nitrogen and oxygen atoms in total. The molecule has 0 aliphatic carbocycles. The van der Waals surface area contributed by atoms with E-state index in [0.717, 1.165) is 32.1 Å². The number of pyridine rings is 1. The van der Waals surface area contributed by atoms with Crippen molar-refractivity contribution in [2.75, 3.05) is 5.32 Å². The summed E-state index contributed by atoms with van der Waals surface area (Å²) in [5.41, 5.74) is 5.31. The third-order valence-corrected chi connectivity index (χ3v) is 6.11. The second-order valence-corrected chi connectivity index (χ2v) is 8.84. The van der Waals surface area contributed by atoms with Crippen LogP contribution in [0.5, 0.6) is 0 Å². The number of hydrogen-bond acceptors (Lipinski definition) is 4. The van der Waals surface area contributed by atoms with Gasteiger partial charge in [-0.3, -0.25) is 14.9 Å². The Morgan fingerprint density at radius 3 is 2.31 bits per heavy atom. The fourth-order valence-electron chi connectivity index (χ4n) is 3.89. The van der Waals surface area contributed by atoms with E-state index in [1.54, 1.807) is 18.2 Å². The molecule has 170 valence electrons. The number of nitro groups is 1. The Bertz CT molecular complexity index is 1570.